The van der Waals surface area contributed by atoms with Crippen LogP contribution in [-0.4, -0.2) is 52.4 Å². The molecule has 0 aliphatic carbocycles. The van der Waals surface area contributed by atoms with E-state index in [4.69, 9.17) is 0 Å². The number of thiazole rings is 1. The number of likely N-dealkylation sites (tertiary alicyclic amines) is 1. The molecule has 1 atom stereocenters. The Hall–Kier alpha value is -1.86. The third kappa shape index (κ3) is 3.79. The van der Waals surface area contributed by atoms with Crippen molar-refractivity contribution in [2.45, 2.75) is 19.9 Å². The molecule has 1 aliphatic rings. The van der Waals surface area contributed by atoms with Gasteiger partial charge in [-0.1, -0.05) is 0 Å². The van der Waals surface area contributed by atoms with E-state index in [0.29, 0.717) is 19.0 Å². The first-order valence-corrected chi connectivity index (χ1v) is 8.89. The fraction of sp³-hybridized carbons (Fsp3) is 0.471. The molecule has 0 bridgehead atoms. The van der Waals surface area contributed by atoms with Gasteiger partial charge in [-0.3, -0.25) is 9.78 Å². The van der Waals surface area contributed by atoms with Gasteiger partial charge in [0.15, 0.2) is 5.82 Å². The third-order valence-electron chi connectivity index (χ3n) is 4.40. The molecule has 2 aromatic rings. The van der Waals surface area contributed by atoms with Gasteiger partial charge in [0, 0.05) is 37.3 Å². The van der Waals surface area contributed by atoms with Gasteiger partial charge in [-0.2, -0.15) is 0 Å². The highest BCUT2D eigenvalue weighted by molar-refractivity contribution is 7.09. The fourth-order valence-electron chi connectivity index (χ4n) is 3.11. The molecule has 5 nitrogen and oxygen atoms in total. The number of hydrogen-bond acceptors (Lipinski definition) is 5. The first-order valence-electron chi connectivity index (χ1n) is 8.01. The molecule has 1 saturated heterocycles. The number of pyridine rings is 1. The summed E-state index contributed by atoms with van der Waals surface area (Å²) in [5.41, 5.74) is 3.07. The fourth-order valence-corrected chi connectivity index (χ4v) is 3.97. The van der Waals surface area contributed by atoms with Crippen LogP contribution in [0.25, 0.3) is 0 Å². The zero-order valence-electron chi connectivity index (χ0n) is 13.9. The molecular weight excluding hydrogens is 327 g/mol. The van der Waals surface area contributed by atoms with Crippen LogP contribution in [0, 0.1) is 18.7 Å². The van der Waals surface area contributed by atoms with Gasteiger partial charge in [0.2, 0.25) is 0 Å². The number of carbonyl (C=O) groups is 1. The van der Waals surface area contributed by atoms with Crippen molar-refractivity contribution < 1.29 is 9.18 Å². The van der Waals surface area contributed by atoms with E-state index in [1.54, 1.807) is 16.2 Å². The first-order chi connectivity index (χ1) is 11.5. The highest BCUT2D eigenvalue weighted by atomic mass is 32.1. The summed E-state index contributed by atoms with van der Waals surface area (Å²) in [5.74, 6) is -0.376. The maximum absolute atomic E-state index is 13.7. The van der Waals surface area contributed by atoms with Gasteiger partial charge >= 0.3 is 0 Å². The van der Waals surface area contributed by atoms with Crippen LogP contribution in [0.3, 0.4) is 0 Å². The van der Waals surface area contributed by atoms with Crippen LogP contribution >= 0.6 is 11.3 Å². The van der Waals surface area contributed by atoms with Crippen molar-refractivity contribution in [2.24, 2.45) is 5.92 Å². The summed E-state index contributed by atoms with van der Waals surface area (Å²) in [7, 11) is 2.09. The van der Waals surface area contributed by atoms with Crippen LogP contribution in [0.1, 0.15) is 27.3 Å². The van der Waals surface area contributed by atoms with Crippen LogP contribution in [0.5, 0.6) is 0 Å². The number of aryl methyl sites for hydroxylation is 1. The Bertz CT molecular complexity index is 720. The van der Waals surface area contributed by atoms with E-state index in [9.17, 15) is 9.18 Å². The number of carbonyl (C=O) groups excluding carboxylic acids is 1. The second-order valence-electron chi connectivity index (χ2n) is 6.32. The lowest BCUT2D eigenvalue weighted by Crippen LogP contribution is -2.32. The molecule has 2 aromatic heterocycles. The Balaban J connectivity index is 1.54. The summed E-state index contributed by atoms with van der Waals surface area (Å²) in [6.07, 6.45) is 3.49. The van der Waals surface area contributed by atoms with Crippen LogP contribution in [0.15, 0.2) is 24.0 Å². The standard InChI is InChI=1S/C17H21FN4OS/c1-12-16(24-11-20-12)10-21(2)8-13-4-6-22(9-13)17(23)14-3-5-19-7-15(14)18/h3,5,7,11,13H,4,6,8-10H2,1-2H3. The summed E-state index contributed by atoms with van der Waals surface area (Å²) < 4.78 is 13.7. The van der Waals surface area contributed by atoms with Crippen molar-refractivity contribution in [3.05, 3.63) is 45.9 Å². The Kier molecular flexibility index (Phi) is 5.20. The number of hydrogen-bond donors (Lipinski definition) is 0. The molecule has 1 unspecified atom stereocenters. The van der Waals surface area contributed by atoms with Gasteiger partial charge in [-0.25, -0.2) is 9.37 Å². The van der Waals surface area contributed by atoms with E-state index in [-0.39, 0.29) is 11.5 Å². The Morgan fingerprint density at radius 2 is 2.38 bits per heavy atom. The lowest BCUT2D eigenvalue weighted by atomic mass is 10.1. The SMILES string of the molecule is Cc1ncsc1CN(C)CC1CCN(C(=O)c2ccncc2F)C1. The lowest BCUT2D eigenvalue weighted by Gasteiger charge is -2.21. The number of halogens is 1. The van der Waals surface area contributed by atoms with E-state index in [0.717, 1.165) is 31.4 Å². The quantitative estimate of drug-likeness (QED) is 0.833. The minimum Gasteiger partial charge on any atom is -0.338 e. The third-order valence-corrected chi connectivity index (χ3v) is 5.32. The second kappa shape index (κ2) is 7.36. The van der Waals surface area contributed by atoms with Crippen molar-refractivity contribution in [1.29, 1.82) is 0 Å². The average Bonchev–Trinajstić information content (AvgIpc) is 3.17. The molecular formula is C17H21FN4OS. The molecule has 7 heteroatoms. The average molecular weight is 348 g/mol. The topological polar surface area (TPSA) is 49.3 Å². The van der Waals surface area contributed by atoms with Crippen molar-refractivity contribution in [3.8, 4) is 0 Å². The van der Waals surface area contributed by atoms with E-state index < -0.39 is 5.82 Å². The van der Waals surface area contributed by atoms with Crippen LogP contribution in [0.2, 0.25) is 0 Å². The summed E-state index contributed by atoms with van der Waals surface area (Å²) in [6.45, 7) is 5.17. The van der Waals surface area contributed by atoms with E-state index in [1.807, 2.05) is 12.4 Å². The van der Waals surface area contributed by atoms with Gasteiger partial charge in [-0.15, -0.1) is 11.3 Å². The van der Waals surface area contributed by atoms with E-state index in [1.165, 1.54) is 17.1 Å². The molecule has 0 aromatic carbocycles. The Morgan fingerprint density at radius 3 is 3.08 bits per heavy atom. The molecule has 1 aliphatic heterocycles. The number of amides is 1. The van der Waals surface area contributed by atoms with Gasteiger partial charge in [0.25, 0.3) is 5.91 Å². The summed E-state index contributed by atoms with van der Waals surface area (Å²) in [5, 5.41) is 0. The van der Waals surface area contributed by atoms with Gasteiger partial charge in [0.05, 0.1) is 23.0 Å². The molecule has 3 rings (SSSR count). The normalized spacial score (nSPS) is 17.7. The van der Waals surface area contributed by atoms with Crippen molar-refractivity contribution in [1.82, 2.24) is 19.8 Å². The van der Waals surface area contributed by atoms with Crippen molar-refractivity contribution >= 4 is 17.2 Å². The minimum atomic E-state index is -0.552. The van der Waals surface area contributed by atoms with Crippen LogP contribution in [-0.2, 0) is 6.54 Å². The summed E-state index contributed by atoms with van der Waals surface area (Å²) in [4.78, 5) is 25.7. The molecule has 0 saturated carbocycles. The predicted octanol–water partition coefficient (Wildman–Crippen LogP) is 2.58. The monoisotopic (exact) mass is 348 g/mol. The maximum Gasteiger partial charge on any atom is 0.256 e. The number of nitrogens with zero attached hydrogens (tertiary/aromatic N) is 4. The Labute approximate surface area is 145 Å². The van der Waals surface area contributed by atoms with E-state index >= 15 is 0 Å². The molecule has 1 amide bonds. The zero-order chi connectivity index (χ0) is 17.1. The zero-order valence-corrected chi connectivity index (χ0v) is 14.7. The van der Waals surface area contributed by atoms with Crippen molar-refractivity contribution in [2.75, 3.05) is 26.7 Å². The first kappa shape index (κ1) is 17.0. The van der Waals surface area contributed by atoms with Gasteiger partial charge in [0.1, 0.15) is 0 Å². The minimum absolute atomic E-state index is 0.110. The van der Waals surface area contributed by atoms with Gasteiger partial charge < -0.3 is 9.80 Å². The predicted molar refractivity (Wildman–Crippen MR) is 91.4 cm³/mol. The summed E-state index contributed by atoms with van der Waals surface area (Å²) >= 11 is 1.68. The molecule has 0 N–H and O–H groups in total. The highest BCUT2D eigenvalue weighted by Gasteiger charge is 2.29. The summed E-state index contributed by atoms with van der Waals surface area (Å²) in [6, 6.07) is 1.45. The smallest absolute Gasteiger partial charge is 0.256 e. The molecule has 24 heavy (non-hydrogen) atoms. The van der Waals surface area contributed by atoms with Crippen LogP contribution < -0.4 is 0 Å². The molecule has 0 radical (unpaired) electrons. The van der Waals surface area contributed by atoms with E-state index in [2.05, 4.69) is 21.9 Å². The number of aromatic nitrogens is 2. The maximum atomic E-state index is 13.7. The lowest BCUT2D eigenvalue weighted by molar-refractivity contribution is 0.0779. The second-order valence-corrected chi connectivity index (χ2v) is 7.26. The molecule has 3 heterocycles. The van der Waals surface area contributed by atoms with Crippen LogP contribution in [0.4, 0.5) is 4.39 Å². The molecule has 128 valence electrons. The number of rotatable bonds is 5. The highest BCUT2D eigenvalue weighted by Crippen LogP contribution is 2.22. The Morgan fingerprint density at radius 1 is 1.54 bits per heavy atom. The van der Waals surface area contributed by atoms with Gasteiger partial charge in [-0.05, 0) is 32.4 Å². The molecule has 1 fully saturated rings. The van der Waals surface area contributed by atoms with Crippen molar-refractivity contribution in [3.63, 3.8) is 0 Å². The molecule has 0 spiro atoms. The largest absolute Gasteiger partial charge is 0.338 e.